The van der Waals surface area contributed by atoms with Crippen molar-refractivity contribution in [2.24, 2.45) is 0 Å². The number of thiophene rings is 1. The van der Waals surface area contributed by atoms with E-state index in [1.54, 1.807) is 6.92 Å². The summed E-state index contributed by atoms with van der Waals surface area (Å²) >= 11 is 2.67. The Hall–Kier alpha value is -3.30. The summed E-state index contributed by atoms with van der Waals surface area (Å²) in [5, 5.41) is 13.4. The fraction of sp³-hybridized carbons (Fsp3) is 0.143. The van der Waals surface area contributed by atoms with Crippen molar-refractivity contribution in [1.29, 1.82) is 0 Å². The molecule has 1 aromatic carbocycles. The van der Waals surface area contributed by atoms with Gasteiger partial charge in [-0.3, -0.25) is 14.5 Å². The lowest BCUT2D eigenvalue weighted by atomic mass is 10.0. The van der Waals surface area contributed by atoms with Crippen LogP contribution in [0.5, 0.6) is 0 Å². The minimum absolute atomic E-state index is 0.0506. The summed E-state index contributed by atoms with van der Waals surface area (Å²) in [5.74, 6) is -1.31. The number of aliphatic hydroxyl groups excluding tert-OH is 1. The fourth-order valence-electron chi connectivity index (χ4n) is 3.69. The van der Waals surface area contributed by atoms with E-state index in [-0.39, 0.29) is 17.3 Å². The molecular weight excluding hydrogens is 420 g/mol. The molecule has 150 valence electrons. The Morgan fingerprint density at radius 3 is 2.63 bits per heavy atom. The third-order valence-electron chi connectivity index (χ3n) is 4.98. The molecule has 1 atom stereocenters. The number of para-hydroxylation sites is 2. The molecule has 4 aromatic rings. The molecule has 0 fully saturated rings. The van der Waals surface area contributed by atoms with Gasteiger partial charge in [-0.1, -0.05) is 18.2 Å². The van der Waals surface area contributed by atoms with Gasteiger partial charge in [0.05, 0.1) is 32.2 Å². The van der Waals surface area contributed by atoms with E-state index in [9.17, 15) is 14.7 Å². The highest BCUT2D eigenvalue weighted by molar-refractivity contribution is 7.14. The van der Waals surface area contributed by atoms with Crippen molar-refractivity contribution >= 4 is 51.3 Å². The molecule has 4 heterocycles. The fourth-order valence-corrected chi connectivity index (χ4v) is 5.39. The van der Waals surface area contributed by atoms with Gasteiger partial charge in [0.15, 0.2) is 5.76 Å². The van der Waals surface area contributed by atoms with E-state index in [2.05, 4.69) is 15.0 Å². The van der Waals surface area contributed by atoms with Gasteiger partial charge in [0.25, 0.3) is 5.91 Å². The molecule has 1 amide bonds. The first-order chi connectivity index (χ1) is 14.5. The second-order valence-electron chi connectivity index (χ2n) is 6.91. The second kappa shape index (κ2) is 6.89. The van der Waals surface area contributed by atoms with Gasteiger partial charge in [-0.05, 0) is 37.4 Å². The molecule has 1 unspecified atom stereocenters. The molecule has 2 N–H and O–H groups in total. The third-order valence-corrected chi connectivity index (χ3v) is 6.98. The molecule has 0 spiro atoms. The molecule has 5 rings (SSSR count). The maximum atomic E-state index is 13.4. The number of imidazole rings is 1. The predicted molar refractivity (Wildman–Crippen MR) is 116 cm³/mol. The molecular formula is C21H16N4O3S2. The topological polar surface area (TPSA) is 99.2 Å². The van der Waals surface area contributed by atoms with E-state index >= 15 is 0 Å². The van der Waals surface area contributed by atoms with Crippen LogP contribution in [0.2, 0.25) is 0 Å². The van der Waals surface area contributed by atoms with Gasteiger partial charge in [-0.2, -0.15) is 0 Å². The second-order valence-corrected chi connectivity index (χ2v) is 9.09. The largest absolute Gasteiger partial charge is 0.503 e. The van der Waals surface area contributed by atoms with Gasteiger partial charge < -0.3 is 10.1 Å². The van der Waals surface area contributed by atoms with E-state index in [1.165, 1.54) is 27.6 Å². The van der Waals surface area contributed by atoms with Crippen molar-refractivity contribution in [1.82, 2.24) is 15.0 Å². The molecule has 0 radical (unpaired) electrons. The van der Waals surface area contributed by atoms with E-state index in [0.29, 0.717) is 16.1 Å². The molecule has 1 aliphatic heterocycles. The third kappa shape index (κ3) is 2.78. The van der Waals surface area contributed by atoms with Crippen LogP contribution in [0.4, 0.5) is 5.95 Å². The maximum Gasteiger partial charge on any atom is 0.296 e. The standard InChI is InChI=1S/C21H16N4O3S2/c1-10-19(30-11(2)22-10)17(26)15-16(14-8-5-9-29-14)25(20(28)18(15)27)21-23-12-6-3-4-7-13(12)24-21/h3-9,16,27H,1-2H3,(H,23,24). The minimum Gasteiger partial charge on any atom is -0.503 e. The summed E-state index contributed by atoms with van der Waals surface area (Å²) in [7, 11) is 0. The SMILES string of the molecule is Cc1nc(C)c(C(=O)C2=C(O)C(=O)N(c3nc4ccccc4[nH]3)C2c2cccs2)s1. The Morgan fingerprint density at radius 1 is 1.17 bits per heavy atom. The average Bonchev–Trinajstić information content (AvgIpc) is 3.48. The summed E-state index contributed by atoms with van der Waals surface area (Å²) in [6.45, 7) is 3.57. The number of hydrogen-bond donors (Lipinski definition) is 2. The van der Waals surface area contributed by atoms with Gasteiger partial charge >= 0.3 is 0 Å². The number of ketones is 1. The number of hydrogen-bond acceptors (Lipinski definition) is 7. The van der Waals surface area contributed by atoms with Crippen LogP contribution < -0.4 is 4.90 Å². The molecule has 3 aromatic heterocycles. The molecule has 9 heteroatoms. The number of aliphatic hydroxyl groups is 1. The zero-order valence-corrected chi connectivity index (χ0v) is 17.7. The number of benzene rings is 1. The normalized spacial score (nSPS) is 16.8. The molecule has 0 bridgehead atoms. The van der Waals surface area contributed by atoms with Crippen LogP contribution in [0.25, 0.3) is 11.0 Å². The Bertz CT molecular complexity index is 1300. The average molecular weight is 437 g/mol. The number of nitrogens with zero attached hydrogens (tertiary/aromatic N) is 3. The highest BCUT2D eigenvalue weighted by atomic mass is 32.1. The Labute approximate surface area is 179 Å². The lowest BCUT2D eigenvalue weighted by molar-refractivity contribution is -0.117. The van der Waals surface area contributed by atoms with Crippen molar-refractivity contribution in [3.63, 3.8) is 0 Å². The van der Waals surface area contributed by atoms with Crippen molar-refractivity contribution in [2.75, 3.05) is 4.90 Å². The van der Waals surface area contributed by atoms with Crippen LogP contribution in [-0.4, -0.2) is 31.7 Å². The van der Waals surface area contributed by atoms with Gasteiger partial charge in [0.1, 0.15) is 6.04 Å². The molecule has 7 nitrogen and oxygen atoms in total. The van der Waals surface area contributed by atoms with Crippen molar-refractivity contribution in [2.45, 2.75) is 19.9 Å². The number of fused-ring (bicyclic) bond motifs is 1. The zero-order valence-electron chi connectivity index (χ0n) is 16.0. The Balaban J connectivity index is 1.67. The molecule has 0 saturated heterocycles. The quantitative estimate of drug-likeness (QED) is 0.460. The van der Waals surface area contributed by atoms with Crippen LogP contribution in [0.3, 0.4) is 0 Å². The number of carbonyl (C=O) groups excluding carboxylic acids is 2. The smallest absolute Gasteiger partial charge is 0.296 e. The predicted octanol–water partition coefficient (Wildman–Crippen LogP) is 4.48. The van der Waals surface area contributed by atoms with Crippen LogP contribution in [0.1, 0.15) is 31.3 Å². The summed E-state index contributed by atoms with van der Waals surface area (Å²) in [6, 6.07) is 10.3. The van der Waals surface area contributed by atoms with Gasteiger partial charge in [-0.25, -0.2) is 9.97 Å². The Morgan fingerprint density at radius 2 is 1.97 bits per heavy atom. The van der Waals surface area contributed by atoms with Crippen LogP contribution in [0, 0.1) is 13.8 Å². The number of Topliss-reactive ketones (excluding diaryl/α,β-unsaturated/α-hetero) is 1. The van der Waals surface area contributed by atoms with Crippen molar-refractivity contribution < 1.29 is 14.7 Å². The molecule has 1 aliphatic rings. The monoisotopic (exact) mass is 436 g/mol. The van der Waals surface area contributed by atoms with Gasteiger partial charge in [0, 0.05) is 4.88 Å². The number of rotatable bonds is 4. The van der Waals surface area contributed by atoms with E-state index in [0.717, 1.165) is 15.4 Å². The zero-order chi connectivity index (χ0) is 21.0. The number of H-pyrrole nitrogens is 1. The van der Waals surface area contributed by atoms with Gasteiger partial charge in [0.2, 0.25) is 11.7 Å². The number of carbonyl (C=O) groups is 2. The molecule has 0 saturated carbocycles. The summed E-state index contributed by atoms with van der Waals surface area (Å²) in [4.78, 5) is 41.1. The number of aromatic nitrogens is 3. The number of nitrogens with one attached hydrogen (secondary N) is 1. The molecule has 30 heavy (non-hydrogen) atoms. The number of amides is 1. The first kappa shape index (κ1) is 18.7. The van der Waals surface area contributed by atoms with Crippen LogP contribution in [0.15, 0.2) is 53.1 Å². The number of anilines is 1. The van der Waals surface area contributed by atoms with Crippen molar-refractivity contribution in [3.8, 4) is 0 Å². The lowest BCUT2D eigenvalue weighted by Gasteiger charge is -2.23. The number of thiazole rings is 1. The summed E-state index contributed by atoms with van der Waals surface area (Å²) < 4.78 is 0. The van der Waals surface area contributed by atoms with Crippen LogP contribution >= 0.6 is 22.7 Å². The van der Waals surface area contributed by atoms with E-state index < -0.39 is 17.7 Å². The lowest BCUT2D eigenvalue weighted by Crippen LogP contribution is -2.31. The van der Waals surface area contributed by atoms with Crippen LogP contribution in [-0.2, 0) is 4.79 Å². The van der Waals surface area contributed by atoms with E-state index in [1.807, 2.05) is 48.7 Å². The highest BCUT2D eigenvalue weighted by Crippen LogP contribution is 2.43. The minimum atomic E-state index is -0.771. The summed E-state index contributed by atoms with van der Waals surface area (Å²) in [6.07, 6.45) is 0. The highest BCUT2D eigenvalue weighted by Gasteiger charge is 2.47. The first-order valence-corrected chi connectivity index (χ1v) is 10.9. The van der Waals surface area contributed by atoms with Gasteiger partial charge in [-0.15, -0.1) is 22.7 Å². The summed E-state index contributed by atoms with van der Waals surface area (Å²) in [5.41, 5.74) is 2.09. The number of aryl methyl sites for hydroxylation is 2. The Kier molecular flexibility index (Phi) is 4.30. The first-order valence-electron chi connectivity index (χ1n) is 9.19. The molecule has 0 aliphatic carbocycles. The van der Waals surface area contributed by atoms with Crippen molar-refractivity contribution in [3.05, 3.63) is 73.6 Å². The maximum absolute atomic E-state index is 13.4. The van der Waals surface area contributed by atoms with E-state index in [4.69, 9.17) is 0 Å². The number of aromatic amines is 1.